The van der Waals surface area contributed by atoms with E-state index >= 15 is 0 Å². The summed E-state index contributed by atoms with van der Waals surface area (Å²) in [5.74, 6) is 0.399. The van der Waals surface area contributed by atoms with Crippen molar-refractivity contribution in [1.29, 1.82) is 0 Å². The molecule has 1 aliphatic rings. The van der Waals surface area contributed by atoms with Crippen LogP contribution >= 0.6 is 0 Å². The Labute approximate surface area is 105 Å². The van der Waals surface area contributed by atoms with Gasteiger partial charge in [-0.05, 0) is 38.0 Å². The van der Waals surface area contributed by atoms with Crippen molar-refractivity contribution in [2.24, 2.45) is 0 Å². The first-order valence-corrected chi connectivity index (χ1v) is 6.18. The van der Waals surface area contributed by atoms with E-state index in [1.807, 2.05) is 0 Å². The number of imidazole rings is 1. The summed E-state index contributed by atoms with van der Waals surface area (Å²) < 4.78 is 18.7. The molecule has 1 saturated heterocycles. The van der Waals surface area contributed by atoms with Gasteiger partial charge in [-0.15, -0.1) is 0 Å². The van der Waals surface area contributed by atoms with Gasteiger partial charge in [-0.3, -0.25) is 0 Å². The summed E-state index contributed by atoms with van der Waals surface area (Å²) in [7, 11) is 0. The number of hydrogen-bond donors (Lipinski definition) is 2. The summed E-state index contributed by atoms with van der Waals surface area (Å²) in [6.45, 7) is 3.62. The largest absolute Gasteiger partial charge is 0.373 e. The monoisotopic (exact) mass is 249 g/mol. The van der Waals surface area contributed by atoms with Gasteiger partial charge in [-0.2, -0.15) is 0 Å². The maximum Gasteiger partial charge on any atom is 0.201 e. The summed E-state index contributed by atoms with van der Waals surface area (Å²) in [5, 5.41) is 3.22. The fourth-order valence-corrected chi connectivity index (χ4v) is 2.31. The van der Waals surface area contributed by atoms with Crippen LogP contribution in [0.1, 0.15) is 19.8 Å². The lowest BCUT2D eigenvalue weighted by atomic mass is 10.0. The van der Waals surface area contributed by atoms with Crippen LogP contribution < -0.4 is 5.32 Å². The van der Waals surface area contributed by atoms with Gasteiger partial charge in [0.1, 0.15) is 5.82 Å². The zero-order valence-corrected chi connectivity index (χ0v) is 10.3. The average molecular weight is 249 g/mol. The van der Waals surface area contributed by atoms with Crippen LogP contribution in [0.5, 0.6) is 0 Å². The molecule has 1 aromatic carbocycles. The number of benzene rings is 1. The fraction of sp³-hybridized carbons (Fsp3) is 0.462. The third-order valence-electron chi connectivity index (χ3n) is 3.37. The lowest BCUT2D eigenvalue weighted by Gasteiger charge is -2.22. The Hall–Kier alpha value is -1.62. The van der Waals surface area contributed by atoms with Crippen LogP contribution in [0.25, 0.3) is 11.0 Å². The van der Waals surface area contributed by atoms with Gasteiger partial charge in [0.15, 0.2) is 0 Å². The third kappa shape index (κ3) is 2.18. The van der Waals surface area contributed by atoms with E-state index in [2.05, 4.69) is 22.2 Å². The molecule has 1 aromatic heterocycles. The maximum absolute atomic E-state index is 13.1. The molecular weight excluding hydrogens is 233 g/mol. The van der Waals surface area contributed by atoms with Crippen LogP contribution in [0.4, 0.5) is 10.3 Å². The van der Waals surface area contributed by atoms with Gasteiger partial charge in [0.2, 0.25) is 5.95 Å². The summed E-state index contributed by atoms with van der Waals surface area (Å²) >= 11 is 0. The molecule has 2 aromatic rings. The number of ether oxygens (including phenoxy) is 1. The smallest absolute Gasteiger partial charge is 0.201 e. The van der Waals surface area contributed by atoms with E-state index in [-0.39, 0.29) is 11.4 Å². The van der Waals surface area contributed by atoms with Crippen LogP contribution in [-0.4, -0.2) is 28.7 Å². The zero-order valence-electron chi connectivity index (χ0n) is 10.3. The molecule has 0 radical (unpaired) electrons. The molecule has 18 heavy (non-hydrogen) atoms. The highest BCUT2D eigenvalue weighted by Crippen LogP contribution is 2.25. The first-order chi connectivity index (χ1) is 8.65. The second-order valence-electron chi connectivity index (χ2n) is 5.00. The fourth-order valence-electron chi connectivity index (χ4n) is 2.31. The summed E-state index contributed by atoms with van der Waals surface area (Å²) in [4.78, 5) is 7.42. The molecule has 2 N–H and O–H groups in total. The summed E-state index contributed by atoms with van der Waals surface area (Å²) in [6.07, 6.45) is 2.15. The molecule has 3 rings (SSSR count). The number of anilines is 1. The minimum atomic E-state index is -0.260. The molecule has 1 unspecified atom stereocenters. The molecule has 1 fully saturated rings. The van der Waals surface area contributed by atoms with Crippen molar-refractivity contribution in [2.75, 3.05) is 18.5 Å². The molecule has 1 aliphatic heterocycles. The minimum Gasteiger partial charge on any atom is -0.373 e. The van der Waals surface area contributed by atoms with E-state index < -0.39 is 0 Å². The van der Waals surface area contributed by atoms with Gasteiger partial charge < -0.3 is 15.0 Å². The Kier molecular flexibility index (Phi) is 2.70. The SMILES string of the molecule is CC1(CNc2nc3ccc(F)cc3[nH]2)CCCO1. The van der Waals surface area contributed by atoms with Crippen molar-refractivity contribution in [3.05, 3.63) is 24.0 Å². The van der Waals surface area contributed by atoms with Crippen molar-refractivity contribution in [3.8, 4) is 0 Å². The average Bonchev–Trinajstić information content (AvgIpc) is 2.93. The topological polar surface area (TPSA) is 49.9 Å². The van der Waals surface area contributed by atoms with Crippen molar-refractivity contribution in [1.82, 2.24) is 9.97 Å². The van der Waals surface area contributed by atoms with Gasteiger partial charge in [0, 0.05) is 13.2 Å². The second kappa shape index (κ2) is 4.24. The molecule has 1 atom stereocenters. The number of hydrogen-bond acceptors (Lipinski definition) is 3. The second-order valence-corrected chi connectivity index (χ2v) is 5.00. The highest BCUT2D eigenvalue weighted by molar-refractivity contribution is 5.77. The molecule has 0 amide bonds. The lowest BCUT2D eigenvalue weighted by molar-refractivity contribution is 0.0314. The van der Waals surface area contributed by atoms with E-state index in [0.29, 0.717) is 18.0 Å². The van der Waals surface area contributed by atoms with Gasteiger partial charge in [-0.1, -0.05) is 0 Å². The summed E-state index contributed by atoms with van der Waals surface area (Å²) in [5.41, 5.74) is 1.34. The van der Waals surface area contributed by atoms with Crippen LogP contribution in [-0.2, 0) is 4.74 Å². The Morgan fingerprint density at radius 3 is 3.22 bits per heavy atom. The number of H-pyrrole nitrogens is 1. The predicted molar refractivity (Wildman–Crippen MR) is 68.1 cm³/mol. The van der Waals surface area contributed by atoms with E-state index in [0.717, 1.165) is 25.0 Å². The normalized spacial score (nSPS) is 23.7. The number of fused-ring (bicyclic) bond motifs is 1. The number of aromatic nitrogens is 2. The first kappa shape index (κ1) is 11.5. The molecule has 96 valence electrons. The molecule has 5 heteroatoms. The van der Waals surface area contributed by atoms with Crippen LogP contribution in [0.3, 0.4) is 0 Å². The van der Waals surface area contributed by atoms with Crippen molar-refractivity contribution in [3.63, 3.8) is 0 Å². The van der Waals surface area contributed by atoms with Gasteiger partial charge in [0.05, 0.1) is 16.6 Å². The van der Waals surface area contributed by atoms with Crippen LogP contribution in [0.2, 0.25) is 0 Å². The molecule has 0 spiro atoms. The van der Waals surface area contributed by atoms with Crippen LogP contribution in [0.15, 0.2) is 18.2 Å². The number of nitrogens with zero attached hydrogens (tertiary/aromatic N) is 1. The zero-order chi connectivity index (χ0) is 12.6. The molecule has 4 nitrogen and oxygen atoms in total. The summed E-state index contributed by atoms with van der Waals surface area (Å²) in [6, 6.07) is 4.52. The highest BCUT2D eigenvalue weighted by atomic mass is 19.1. The van der Waals surface area contributed by atoms with E-state index in [9.17, 15) is 4.39 Å². The Balaban J connectivity index is 1.74. The van der Waals surface area contributed by atoms with Crippen molar-refractivity contribution < 1.29 is 9.13 Å². The standard InChI is InChI=1S/C13H16FN3O/c1-13(5-2-6-18-13)8-15-12-16-10-4-3-9(14)7-11(10)17-12/h3-4,7H,2,5-6,8H2,1H3,(H2,15,16,17). The van der Waals surface area contributed by atoms with Crippen molar-refractivity contribution >= 4 is 17.0 Å². The quantitative estimate of drug-likeness (QED) is 0.879. The highest BCUT2D eigenvalue weighted by Gasteiger charge is 2.29. The Morgan fingerprint density at radius 2 is 2.44 bits per heavy atom. The van der Waals surface area contributed by atoms with E-state index in [4.69, 9.17) is 4.74 Å². The Bertz CT molecular complexity index is 560. The number of rotatable bonds is 3. The maximum atomic E-state index is 13.1. The van der Waals surface area contributed by atoms with Crippen LogP contribution in [0, 0.1) is 5.82 Å². The van der Waals surface area contributed by atoms with Gasteiger partial charge in [-0.25, -0.2) is 9.37 Å². The number of aromatic amines is 1. The third-order valence-corrected chi connectivity index (χ3v) is 3.37. The minimum absolute atomic E-state index is 0.121. The van der Waals surface area contributed by atoms with Crippen molar-refractivity contribution in [2.45, 2.75) is 25.4 Å². The van der Waals surface area contributed by atoms with E-state index in [1.165, 1.54) is 12.1 Å². The molecule has 0 saturated carbocycles. The van der Waals surface area contributed by atoms with Gasteiger partial charge in [0.25, 0.3) is 0 Å². The number of nitrogens with one attached hydrogen (secondary N) is 2. The van der Waals surface area contributed by atoms with E-state index in [1.54, 1.807) is 6.07 Å². The predicted octanol–water partition coefficient (Wildman–Crippen LogP) is 2.68. The molecule has 0 aliphatic carbocycles. The van der Waals surface area contributed by atoms with Gasteiger partial charge >= 0.3 is 0 Å². The molecular formula is C13H16FN3O. The lowest BCUT2D eigenvalue weighted by Crippen LogP contribution is -2.32. The Morgan fingerprint density at radius 1 is 1.56 bits per heavy atom. The molecule has 0 bridgehead atoms. The first-order valence-electron chi connectivity index (χ1n) is 6.18. The molecule has 2 heterocycles. The number of halogens is 1.